The molecule has 20 heavy (non-hydrogen) atoms. The number of rotatable bonds is 5. The molecule has 0 unspecified atom stereocenters. The Bertz CT molecular complexity index is 520. The molecule has 1 aliphatic rings. The first-order valence-corrected chi connectivity index (χ1v) is 8.61. The molecule has 0 saturated carbocycles. The number of piperidine rings is 1. The SMILES string of the molecule is CCC1CCN(S(=O)(=O)c2ccc(CNC)cn2)CC1. The lowest BCUT2D eigenvalue weighted by Gasteiger charge is -2.30. The largest absolute Gasteiger partial charge is 0.316 e. The van der Waals surface area contributed by atoms with Gasteiger partial charge in [-0.1, -0.05) is 19.4 Å². The van der Waals surface area contributed by atoms with Gasteiger partial charge >= 0.3 is 0 Å². The second kappa shape index (κ2) is 6.65. The number of nitrogens with one attached hydrogen (secondary N) is 1. The maximum Gasteiger partial charge on any atom is 0.260 e. The zero-order valence-electron chi connectivity index (χ0n) is 12.2. The standard InChI is InChI=1S/C14H23N3O2S/c1-3-12-6-8-17(9-7-12)20(18,19)14-5-4-13(10-15-2)11-16-14/h4-5,11-12,15H,3,6-10H2,1-2H3. The average Bonchev–Trinajstić information content (AvgIpc) is 2.48. The molecule has 0 aromatic carbocycles. The van der Waals surface area contributed by atoms with E-state index in [2.05, 4.69) is 17.2 Å². The third-order valence-corrected chi connectivity index (χ3v) is 5.75. The first-order chi connectivity index (χ1) is 9.57. The van der Waals surface area contributed by atoms with Gasteiger partial charge in [0.05, 0.1) is 0 Å². The van der Waals surface area contributed by atoms with E-state index in [1.807, 2.05) is 13.1 Å². The fourth-order valence-electron chi connectivity index (χ4n) is 2.56. The molecule has 0 atom stereocenters. The first-order valence-electron chi connectivity index (χ1n) is 7.17. The van der Waals surface area contributed by atoms with E-state index in [1.165, 1.54) is 0 Å². The molecule has 2 heterocycles. The van der Waals surface area contributed by atoms with Gasteiger partial charge in [-0.25, -0.2) is 13.4 Å². The van der Waals surface area contributed by atoms with Crippen LogP contribution in [0.15, 0.2) is 23.4 Å². The van der Waals surface area contributed by atoms with Crippen molar-refractivity contribution in [1.29, 1.82) is 0 Å². The highest BCUT2D eigenvalue weighted by Gasteiger charge is 2.29. The van der Waals surface area contributed by atoms with Crippen molar-refractivity contribution in [2.24, 2.45) is 5.92 Å². The lowest BCUT2D eigenvalue weighted by atomic mass is 9.96. The topological polar surface area (TPSA) is 62.3 Å². The van der Waals surface area contributed by atoms with Crippen molar-refractivity contribution in [2.45, 2.75) is 37.8 Å². The molecular weight excluding hydrogens is 274 g/mol. The molecular formula is C14H23N3O2S. The first kappa shape index (κ1) is 15.4. The smallest absolute Gasteiger partial charge is 0.260 e. The second-order valence-electron chi connectivity index (χ2n) is 5.29. The minimum Gasteiger partial charge on any atom is -0.316 e. The summed E-state index contributed by atoms with van der Waals surface area (Å²) in [7, 11) is -1.57. The van der Waals surface area contributed by atoms with E-state index >= 15 is 0 Å². The van der Waals surface area contributed by atoms with Crippen LogP contribution in [0.2, 0.25) is 0 Å². The van der Waals surface area contributed by atoms with Crippen LogP contribution in [0.3, 0.4) is 0 Å². The summed E-state index contributed by atoms with van der Waals surface area (Å²) in [6.07, 6.45) is 4.66. The van der Waals surface area contributed by atoms with E-state index in [0.717, 1.165) is 24.8 Å². The highest BCUT2D eigenvalue weighted by Crippen LogP contribution is 2.24. The van der Waals surface area contributed by atoms with E-state index in [-0.39, 0.29) is 5.03 Å². The summed E-state index contributed by atoms with van der Waals surface area (Å²) >= 11 is 0. The van der Waals surface area contributed by atoms with Gasteiger partial charge in [-0.2, -0.15) is 4.31 Å². The van der Waals surface area contributed by atoms with E-state index in [1.54, 1.807) is 16.6 Å². The molecule has 1 saturated heterocycles. The molecule has 6 heteroatoms. The molecule has 1 N–H and O–H groups in total. The van der Waals surface area contributed by atoms with Crippen molar-refractivity contribution < 1.29 is 8.42 Å². The van der Waals surface area contributed by atoms with Crippen LogP contribution in [-0.2, 0) is 16.6 Å². The van der Waals surface area contributed by atoms with Crippen LogP contribution in [0.4, 0.5) is 0 Å². The lowest BCUT2D eigenvalue weighted by Crippen LogP contribution is -2.38. The molecule has 0 amide bonds. The monoisotopic (exact) mass is 297 g/mol. The Morgan fingerprint density at radius 1 is 1.35 bits per heavy atom. The Balaban J connectivity index is 2.10. The predicted molar refractivity (Wildman–Crippen MR) is 78.8 cm³/mol. The average molecular weight is 297 g/mol. The number of nitrogens with zero attached hydrogens (tertiary/aromatic N) is 2. The predicted octanol–water partition coefficient (Wildman–Crippen LogP) is 1.61. The highest BCUT2D eigenvalue weighted by atomic mass is 32.2. The van der Waals surface area contributed by atoms with Crippen LogP contribution in [0.1, 0.15) is 31.7 Å². The van der Waals surface area contributed by atoms with Crippen molar-refractivity contribution in [3.05, 3.63) is 23.9 Å². The van der Waals surface area contributed by atoms with Gasteiger partial charge in [0.1, 0.15) is 0 Å². The zero-order chi connectivity index (χ0) is 14.6. The van der Waals surface area contributed by atoms with Crippen LogP contribution in [0.5, 0.6) is 0 Å². The number of sulfonamides is 1. The van der Waals surface area contributed by atoms with Gasteiger partial charge in [0.25, 0.3) is 10.0 Å². The number of pyridine rings is 1. The van der Waals surface area contributed by atoms with Gasteiger partial charge < -0.3 is 5.32 Å². The summed E-state index contributed by atoms with van der Waals surface area (Å²) in [5.41, 5.74) is 0.983. The van der Waals surface area contributed by atoms with E-state index in [0.29, 0.717) is 25.6 Å². The molecule has 5 nitrogen and oxygen atoms in total. The summed E-state index contributed by atoms with van der Waals surface area (Å²) in [6.45, 7) is 4.08. The minimum atomic E-state index is -3.42. The maximum absolute atomic E-state index is 12.5. The van der Waals surface area contributed by atoms with Crippen molar-refractivity contribution in [1.82, 2.24) is 14.6 Å². The fraction of sp³-hybridized carbons (Fsp3) is 0.643. The molecule has 2 rings (SSSR count). The van der Waals surface area contributed by atoms with E-state index in [4.69, 9.17) is 0 Å². The molecule has 0 aliphatic carbocycles. The van der Waals surface area contributed by atoms with Crippen LogP contribution < -0.4 is 5.32 Å². The van der Waals surface area contributed by atoms with Gasteiger partial charge in [0.15, 0.2) is 5.03 Å². The summed E-state index contributed by atoms with van der Waals surface area (Å²) in [5.74, 6) is 0.660. The quantitative estimate of drug-likeness (QED) is 0.897. The Kier molecular flexibility index (Phi) is 5.12. The van der Waals surface area contributed by atoms with Crippen LogP contribution in [-0.4, -0.2) is 37.8 Å². The van der Waals surface area contributed by atoms with Gasteiger partial charge in [0, 0.05) is 25.8 Å². The Labute approximate surface area is 121 Å². The molecule has 0 bridgehead atoms. The summed E-state index contributed by atoms with van der Waals surface area (Å²) in [4.78, 5) is 4.11. The fourth-order valence-corrected chi connectivity index (χ4v) is 3.94. The maximum atomic E-state index is 12.5. The Hall–Kier alpha value is -0.980. The van der Waals surface area contributed by atoms with Gasteiger partial charge in [-0.15, -0.1) is 0 Å². The molecule has 1 fully saturated rings. The van der Waals surface area contributed by atoms with Crippen LogP contribution >= 0.6 is 0 Å². The summed E-state index contributed by atoms with van der Waals surface area (Å²) < 4.78 is 26.6. The minimum absolute atomic E-state index is 0.160. The summed E-state index contributed by atoms with van der Waals surface area (Å²) in [6, 6.07) is 3.42. The second-order valence-corrected chi connectivity index (χ2v) is 7.18. The third kappa shape index (κ3) is 3.37. The number of hydrogen-bond acceptors (Lipinski definition) is 4. The molecule has 0 radical (unpaired) electrons. The molecule has 1 aliphatic heterocycles. The van der Waals surface area contributed by atoms with Gasteiger partial charge in [-0.05, 0) is 37.4 Å². The summed E-state index contributed by atoms with van der Waals surface area (Å²) in [5, 5.41) is 3.18. The third-order valence-electron chi connectivity index (χ3n) is 3.93. The highest BCUT2D eigenvalue weighted by molar-refractivity contribution is 7.89. The van der Waals surface area contributed by atoms with Crippen molar-refractivity contribution in [3.8, 4) is 0 Å². The number of aromatic nitrogens is 1. The number of hydrogen-bond donors (Lipinski definition) is 1. The van der Waals surface area contributed by atoms with E-state index in [9.17, 15) is 8.42 Å². The van der Waals surface area contributed by atoms with Crippen LogP contribution in [0.25, 0.3) is 0 Å². The van der Waals surface area contributed by atoms with Gasteiger partial charge in [0.2, 0.25) is 0 Å². The molecule has 112 valence electrons. The van der Waals surface area contributed by atoms with Crippen molar-refractivity contribution in [3.63, 3.8) is 0 Å². The van der Waals surface area contributed by atoms with Crippen molar-refractivity contribution >= 4 is 10.0 Å². The molecule has 1 aromatic heterocycles. The Morgan fingerprint density at radius 2 is 2.05 bits per heavy atom. The van der Waals surface area contributed by atoms with Crippen LogP contribution in [0, 0.1) is 5.92 Å². The molecule has 1 aromatic rings. The Morgan fingerprint density at radius 3 is 2.55 bits per heavy atom. The van der Waals surface area contributed by atoms with E-state index < -0.39 is 10.0 Å². The normalized spacial score (nSPS) is 18.3. The lowest BCUT2D eigenvalue weighted by molar-refractivity contribution is 0.268. The zero-order valence-corrected chi connectivity index (χ0v) is 13.0. The van der Waals surface area contributed by atoms with Gasteiger partial charge in [-0.3, -0.25) is 0 Å². The molecule has 0 spiro atoms. The van der Waals surface area contributed by atoms with Crippen molar-refractivity contribution in [2.75, 3.05) is 20.1 Å².